The van der Waals surface area contributed by atoms with Crippen LogP contribution < -0.4 is 0 Å². The minimum Gasteiger partial charge on any atom is -0.390 e. The molecule has 0 bridgehead atoms. The molecule has 0 amide bonds. The molecule has 0 aromatic rings. The molecular weight excluding hydrogens is 242 g/mol. The van der Waals surface area contributed by atoms with E-state index in [9.17, 15) is 13.5 Å². The van der Waals surface area contributed by atoms with Gasteiger partial charge in [-0.3, -0.25) is 0 Å². The summed E-state index contributed by atoms with van der Waals surface area (Å²) in [6, 6.07) is 0. The normalized spacial score (nSPS) is 24.8. The number of rotatable bonds is 6. The zero-order valence-corrected chi connectivity index (χ0v) is 11.4. The molecule has 0 saturated carbocycles. The summed E-state index contributed by atoms with van der Waals surface area (Å²) in [5.74, 6) is 0.328. The van der Waals surface area contributed by atoms with Crippen LogP contribution in [0.3, 0.4) is 0 Å². The second-order valence-electron chi connectivity index (χ2n) is 4.62. The van der Waals surface area contributed by atoms with Gasteiger partial charge in [-0.25, -0.2) is 8.42 Å². The third kappa shape index (κ3) is 5.33. The summed E-state index contributed by atoms with van der Waals surface area (Å²) < 4.78 is 28.1. The number of likely N-dealkylation sites (N-methyl/N-ethyl adjacent to an activating group) is 1. The number of sulfone groups is 1. The standard InChI is InChI=1S/C11H23NO4S/c1-3-17(14,15)8-4-5-10(13)11-9-12(2)6-7-16-11/h10-11,13H,3-9H2,1-2H3. The Morgan fingerprint density at radius 2 is 2.24 bits per heavy atom. The Bertz CT molecular complexity index is 317. The molecule has 102 valence electrons. The second kappa shape index (κ2) is 6.68. The van der Waals surface area contributed by atoms with Crippen LogP contribution in [0, 0.1) is 0 Å². The van der Waals surface area contributed by atoms with E-state index in [2.05, 4.69) is 4.90 Å². The lowest BCUT2D eigenvalue weighted by molar-refractivity contribution is -0.0849. The zero-order chi connectivity index (χ0) is 12.9. The van der Waals surface area contributed by atoms with Gasteiger partial charge in [-0.15, -0.1) is 0 Å². The predicted molar refractivity (Wildman–Crippen MR) is 66.8 cm³/mol. The van der Waals surface area contributed by atoms with Crippen LogP contribution in [0.5, 0.6) is 0 Å². The van der Waals surface area contributed by atoms with E-state index in [0.29, 0.717) is 26.0 Å². The summed E-state index contributed by atoms with van der Waals surface area (Å²) in [6.07, 6.45) is 0.237. The highest BCUT2D eigenvalue weighted by Crippen LogP contribution is 2.12. The van der Waals surface area contributed by atoms with E-state index in [-0.39, 0.29) is 17.6 Å². The van der Waals surface area contributed by atoms with Gasteiger partial charge < -0.3 is 14.7 Å². The molecule has 0 aromatic heterocycles. The van der Waals surface area contributed by atoms with Crippen LogP contribution in [-0.2, 0) is 14.6 Å². The van der Waals surface area contributed by atoms with Crippen LogP contribution in [0.1, 0.15) is 19.8 Å². The van der Waals surface area contributed by atoms with Crippen molar-refractivity contribution in [2.75, 3.05) is 38.2 Å². The monoisotopic (exact) mass is 265 g/mol. The third-order valence-electron chi connectivity index (χ3n) is 3.12. The Morgan fingerprint density at radius 3 is 2.82 bits per heavy atom. The highest BCUT2D eigenvalue weighted by molar-refractivity contribution is 7.91. The molecule has 1 aliphatic heterocycles. The molecule has 0 radical (unpaired) electrons. The number of morpholine rings is 1. The van der Waals surface area contributed by atoms with Crippen molar-refractivity contribution >= 4 is 9.84 Å². The van der Waals surface area contributed by atoms with Crippen LogP contribution >= 0.6 is 0 Å². The fraction of sp³-hybridized carbons (Fsp3) is 1.00. The molecule has 17 heavy (non-hydrogen) atoms. The van der Waals surface area contributed by atoms with E-state index >= 15 is 0 Å². The molecule has 1 saturated heterocycles. The molecule has 0 aromatic carbocycles. The van der Waals surface area contributed by atoms with E-state index in [1.807, 2.05) is 7.05 Å². The molecule has 1 N–H and O–H groups in total. The third-order valence-corrected chi connectivity index (χ3v) is 4.91. The largest absolute Gasteiger partial charge is 0.390 e. The fourth-order valence-corrected chi connectivity index (χ4v) is 2.78. The number of aliphatic hydroxyl groups excluding tert-OH is 1. The van der Waals surface area contributed by atoms with Crippen LogP contribution in [-0.4, -0.2) is 68.9 Å². The maximum absolute atomic E-state index is 11.3. The summed E-state index contributed by atoms with van der Waals surface area (Å²) >= 11 is 0. The summed E-state index contributed by atoms with van der Waals surface area (Å²) in [4.78, 5) is 2.11. The highest BCUT2D eigenvalue weighted by Gasteiger charge is 2.25. The maximum atomic E-state index is 11.3. The van der Waals surface area contributed by atoms with E-state index < -0.39 is 15.9 Å². The first-order valence-electron chi connectivity index (χ1n) is 6.13. The Kier molecular flexibility index (Phi) is 5.85. The number of nitrogens with zero attached hydrogens (tertiary/aromatic N) is 1. The molecule has 1 fully saturated rings. The van der Waals surface area contributed by atoms with E-state index in [4.69, 9.17) is 4.74 Å². The highest BCUT2D eigenvalue weighted by atomic mass is 32.2. The molecule has 0 aliphatic carbocycles. The lowest BCUT2D eigenvalue weighted by Crippen LogP contribution is -2.46. The fourth-order valence-electron chi connectivity index (χ4n) is 1.89. The Hall–Kier alpha value is -0.170. The number of aliphatic hydroxyl groups is 1. The van der Waals surface area contributed by atoms with E-state index in [1.54, 1.807) is 6.92 Å². The Labute approximate surface area is 104 Å². The smallest absolute Gasteiger partial charge is 0.150 e. The zero-order valence-electron chi connectivity index (χ0n) is 10.6. The van der Waals surface area contributed by atoms with Crippen molar-refractivity contribution in [1.29, 1.82) is 0 Å². The van der Waals surface area contributed by atoms with Gasteiger partial charge in [0.2, 0.25) is 0 Å². The minimum absolute atomic E-state index is 0.156. The quantitative estimate of drug-likeness (QED) is 0.726. The Balaban J connectivity index is 2.27. The molecule has 0 spiro atoms. The van der Waals surface area contributed by atoms with Crippen molar-refractivity contribution in [3.63, 3.8) is 0 Å². The van der Waals surface area contributed by atoms with Gasteiger partial charge in [-0.05, 0) is 19.9 Å². The molecule has 5 nitrogen and oxygen atoms in total. The van der Waals surface area contributed by atoms with Gasteiger partial charge in [0.1, 0.15) is 9.84 Å². The molecule has 2 atom stereocenters. The van der Waals surface area contributed by atoms with Gasteiger partial charge in [-0.1, -0.05) is 6.92 Å². The van der Waals surface area contributed by atoms with Gasteiger partial charge in [0.05, 0.1) is 24.6 Å². The van der Waals surface area contributed by atoms with E-state index in [0.717, 1.165) is 6.54 Å². The topological polar surface area (TPSA) is 66.8 Å². The summed E-state index contributed by atoms with van der Waals surface area (Å²) in [7, 11) is -0.929. The van der Waals surface area contributed by atoms with E-state index in [1.165, 1.54) is 0 Å². The van der Waals surface area contributed by atoms with Gasteiger partial charge in [0, 0.05) is 18.8 Å². The Morgan fingerprint density at radius 1 is 1.53 bits per heavy atom. The minimum atomic E-state index is -2.92. The first kappa shape index (κ1) is 14.9. The van der Waals surface area contributed by atoms with Crippen LogP contribution in [0.4, 0.5) is 0 Å². The van der Waals surface area contributed by atoms with Gasteiger partial charge >= 0.3 is 0 Å². The van der Waals surface area contributed by atoms with Crippen LogP contribution in [0.25, 0.3) is 0 Å². The van der Waals surface area contributed by atoms with Crippen LogP contribution in [0.15, 0.2) is 0 Å². The lowest BCUT2D eigenvalue weighted by Gasteiger charge is -2.32. The van der Waals surface area contributed by atoms with Gasteiger partial charge in [-0.2, -0.15) is 0 Å². The summed E-state index contributed by atoms with van der Waals surface area (Å²) in [5, 5.41) is 9.91. The average Bonchev–Trinajstić information content (AvgIpc) is 2.28. The molecule has 6 heteroatoms. The maximum Gasteiger partial charge on any atom is 0.150 e. The second-order valence-corrected chi connectivity index (χ2v) is 7.09. The van der Waals surface area contributed by atoms with Gasteiger partial charge in [0.15, 0.2) is 0 Å². The lowest BCUT2D eigenvalue weighted by atomic mass is 10.1. The van der Waals surface area contributed by atoms with Crippen molar-refractivity contribution < 1.29 is 18.3 Å². The van der Waals surface area contributed by atoms with Crippen LogP contribution in [0.2, 0.25) is 0 Å². The van der Waals surface area contributed by atoms with Crippen molar-refractivity contribution in [3.05, 3.63) is 0 Å². The van der Waals surface area contributed by atoms with Crippen molar-refractivity contribution in [2.24, 2.45) is 0 Å². The molecular formula is C11H23NO4S. The molecule has 1 aliphatic rings. The number of ether oxygens (including phenoxy) is 1. The van der Waals surface area contributed by atoms with Crippen molar-refractivity contribution in [1.82, 2.24) is 4.90 Å². The molecule has 1 heterocycles. The summed E-state index contributed by atoms with van der Waals surface area (Å²) in [6.45, 7) is 3.87. The summed E-state index contributed by atoms with van der Waals surface area (Å²) in [5.41, 5.74) is 0. The van der Waals surface area contributed by atoms with Crippen molar-refractivity contribution in [2.45, 2.75) is 32.0 Å². The first-order valence-corrected chi connectivity index (χ1v) is 7.95. The van der Waals surface area contributed by atoms with Crippen molar-refractivity contribution in [3.8, 4) is 0 Å². The molecule has 2 unspecified atom stereocenters. The molecule has 1 rings (SSSR count). The first-order chi connectivity index (χ1) is 7.94. The predicted octanol–water partition coefficient (Wildman–Crippen LogP) is -0.107. The van der Waals surface area contributed by atoms with Gasteiger partial charge in [0.25, 0.3) is 0 Å². The number of hydrogen-bond donors (Lipinski definition) is 1. The number of hydrogen-bond acceptors (Lipinski definition) is 5. The SMILES string of the molecule is CCS(=O)(=O)CCCC(O)C1CN(C)CCO1. The average molecular weight is 265 g/mol.